The highest BCUT2D eigenvalue weighted by Crippen LogP contribution is 2.29. The first-order chi connectivity index (χ1) is 14.2. The first kappa shape index (κ1) is 18.9. The molecule has 1 amide bonds. The normalized spacial score (nSPS) is 10.8. The monoisotopic (exact) mass is 405 g/mol. The van der Waals surface area contributed by atoms with Crippen molar-refractivity contribution < 1.29 is 9.21 Å². The summed E-state index contributed by atoms with van der Waals surface area (Å²) in [5.74, 6) is 1.52. The van der Waals surface area contributed by atoms with Gasteiger partial charge in [0.25, 0.3) is 0 Å². The molecule has 4 aromatic rings. The lowest BCUT2D eigenvalue weighted by molar-refractivity contribution is -0.118. The highest BCUT2D eigenvalue weighted by Gasteiger charge is 2.18. The highest BCUT2D eigenvalue weighted by molar-refractivity contribution is 7.99. The maximum absolute atomic E-state index is 12.3. The standard InChI is InChI=1S/C21H19N5O2S/c1-15-6-2-3-9-18(15)26-20(16-7-4-10-22-12-16)24-25-21(26)29-14-19(27)23-13-17-8-5-11-28-17/h2-12H,13-14H2,1H3,(H,23,27). The first-order valence-corrected chi connectivity index (χ1v) is 10.0. The van der Waals surface area contributed by atoms with Crippen LogP contribution in [-0.4, -0.2) is 31.4 Å². The summed E-state index contributed by atoms with van der Waals surface area (Å²) in [6.07, 6.45) is 5.06. The van der Waals surface area contributed by atoms with Gasteiger partial charge in [0.2, 0.25) is 5.91 Å². The molecule has 0 bridgehead atoms. The van der Waals surface area contributed by atoms with Crippen LogP contribution in [-0.2, 0) is 11.3 Å². The Hall–Kier alpha value is -3.39. The number of hydrogen-bond acceptors (Lipinski definition) is 6. The van der Waals surface area contributed by atoms with Gasteiger partial charge in [-0.25, -0.2) is 0 Å². The van der Waals surface area contributed by atoms with Crippen molar-refractivity contribution in [2.45, 2.75) is 18.6 Å². The van der Waals surface area contributed by atoms with Crippen LogP contribution in [0.1, 0.15) is 11.3 Å². The molecular formula is C21H19N5O2S. The smallest absolute Gasteiger partial charge is 0.230 e. The summed E-state index contributed by atoms with van der Waals surface area (Å²) in [7, 11) is 0. The van der Waals surface area contributed by atoms with Crippen molar-refractivity contribution in [1.82, 2.24) is 25.1 Å². The van der Waals surface area contributed by atoms with E-state index in [1.165, 1.54) is 11.8 Å². The van der Waals surface area contributed by atoms with Crippen LogP contribution < -0.4 is 5.32 Å². The summed E-state index contributed by atoms with van der Waals surface area (Å²) in [4.78, 5) is 16.5. The molecule has 0 spiro atoms. The number of carbonyl (C=O) groups is 1. The Morgan fingerprint density at radius 3 is 2.79 bits per heavy atom. The van der Waals surface area contributed by atoms with Crippen molar-refractivity contribution in [3.05, 3.63) is 78.5 Å². The largest absolute Gasteiger partial charge is 0.467 e. The van der Waals surface area contributed by atoms with Gasteiger partial charge in [0.1, 0.15) is 5.76 Å². The Balaban J connectivity index is 1.57. The van der Waals surface area contributed by atoms with E-state index in [1.807, 2.05) is 54.0 Å². The number of para-hydroxylation sites is 1. The fourth-order valence-corrected chi connectivity index (χ4v) is 3.63. The zero-order valence-corrected chi connectivity index (χ0v) is 16.6. The number of nitrogens with zero attached hydrogens (tertiary/aromatic N) is 4. The minimum atomic E-state index is -0.103. The first-order valence-electron chi connectivity index (χ1n) is 9.06. The summed E-state index contributed by atoms with van der Waals surface area (Å²) < 4.78 is 7.20. The molecule has 8 heteroatoms. The zero-order valence-electron chi connectivity index (χ0n) is 15.8. The lowest BCUT2D eigenvalue weighted by atomic mass is 10.2. The molecular weight excluding hydrogens is 386 g/mol. The lowest BCUT2D eigenvalue weighted by Crippen LogP contribution is -2.24. The van der Waals surface area contributed by atoms with Gasteiger partial charge in [-0.15, -0.1) is 10.2 Å². The lowest BCUT2D eigenvalue weighted by Gasteiger charge is -2.12. The third kappa shape index (κ3) is 4.38. The number of nitrogens with one attached hydrogen (secondary N) is 1. The minimum absolute atomic E-state index is 0.103. The molecule has 7 nitrogen and oxygen atoms in total. The Kier molecular flexibility index (Phi) is 5.71. The number of thioether (sulfide) groups is 1. The average Bonchev–Trinajstić information content (AvgIpc) is 3.42. The molecule has 0 aliphatic heterocycles. The van der Waals surface area contributed by atoms with Crippen LogP contribution in [0.15, 0.2) is 76.8 Å². The molecule has 4 rings (SSSR count). The van der Waals surface area contributed by atoms with Crippen LogP contribution in [0, 0.1) is 6.92 Å². The molecule has 0 fully saturated rings. The SMILES string of the molecule is Cc1ccccc1-n1c(SCC(=O)NCc2ccco2)nnc1-c1cccnc1. The van der Waals surface area contributed by atoms with Crippen LogP contribution in [0.3, 0.4) is 0 Å². The fourth-order valence-electron chi connectivity index (χ4n) is 2.86. The molecule has 0 unspecified atom stereocenters. The number of benzene rings is 1. The van der Waals surface area contributed by atoms with Gasteiger partial charge in [-0.05, 0) is 42.8 Å². The van der Waals surface area contributed by atoms with Crippen LogP contribution >= 0.6 is 11.8 Å². The molecule has 0 aliphatic rings. The number of aromatic nitrogens is 4. The summed E-state index contributed by atoms with van der Waals surface area (Å²) in [6.45, 7) is 2.39. The number of amides is 1. The van der Waals surface area contributed by atoms with E-state index in [1.54, 1.807) is 24.7 Å². The van der Waals surface area contributed by atoms with E-state index in [4.69, 9.17) is 4.42 Å². The van der Waals surface area contributed by atoms with Crippen molar-refractivity contribution in [3.63, 3.8) is 0 Å². The van der Waals surface area contributed by atoms with E-state index in [9.17, 15) is 4.79 Å². The van der Waals surface area contributed by atoms with Gasteiger partial charge in [-0.2, -0.15) is 0 Å². The summed E-state index contributed by atoms with van der Waals surface area (Å²) in [5.41, 5.74) is 2.91. The topological polar surface area (TPSA) is 85.8 Å². The highest BCUT2D eigenvalue weighted by atomic mass is 32.2. The Labute approximate surface area is 172 Å². The molecule has 0 saturated heterocycles. The van der Waals surface area contributed by atoms with E-state index in [0.717, 1.165) is 16.8 Å². The van der Waals surface area contributed by atoms with Gasteiger partial charge in [0, 0.05) is 18.0 Å². The third-order valence-corrected chi connectivity index (χ3v) is 5.21. The Morgan fingerprint density at radius 2 is 2.03 bits per heavy atom. The molecule has 0 atom stereocenters. The number of aryl methyl sites for hydroxylation is 1. The van der Waals surface area contributed by atoms with Crippen LogP contribution in [0.25, 0.3) is 17.1 Å². The van der Waals surface area contributed by atoms with E-state index in [2.05, 4.69) is 20.5 Å². The molecule has 3 heterocycles. The van der Waals surface area contributed by atoms with Crippen molar-refractivity contribution in [2.24, 2.45) is 0 Å². The van der Waals surface area contributed by atoms with Gasteiger partial charge in [-0.1, -0.05) is 30.0 Å². The Morgan fingerprint density at radius 1 is 1.14 bits per heavy atom. The van der Waals surface area contributed by atoms with Gasteiger partial charge >= 0.3 is 0 Å². The van der Waals surface area contributed by atoms with Gasteiger partial charge in [0.15, 0.2) is 11.0 Å². The van der Waals surface area contributed by atoms with Gasteiger partial charge < -0.3 is 9.73 Å². The summed E-state index contributed by atoms with van der Waals surface area (Å²) in [5, 5.41) is 12.2. The summed E-state index contributed by atoms with van der Waals surface area (Å²) in [6, 6.07) is 15.4. The van der Waals surface area contributed by atoms with Gasteiger partial charge in [-0.3, -0.25) is 14.3 Å². The Bertz CT molecular complexity index is 1090. The second-order valence-electron chi connectivity index (χ2n) is 6.31. The predicted octanol–water partition coefficient (Wildman–Crippen LogP) is 3.64. The maximum Gasteiger partial charge on any atom is 0.230 e. The van der Waals surface area contributed by atoms with Crippen LogP contribution in [0.5, 0.6) is 0 Å². The number of furan rings is 1. The van der Waals surface area contributed by atoms with E-state index >= 15 is 0 Å². The molecule has 3 aromatic heterocycles. The van der Waals surface area contributed by atoms with Gasteiger partial charge in [0.05, 0.1) is 24.2 Å². The van der Waals surface area contributed by atoms with Crippen LogP contribution in [0.4, 0.5) is 0 Å². The van der Waals surface area contributed by atoms with Crippen LogP contribution in [0.2, 0.25) is 0 Å². The second-order valence-corrected chi connectivity index (χ2v) is 7.26. The average molecular weight is 405 g/mol. The quantitative estimate of drug-likeness (QED) is 0.473. The molecule has 146 valence electrons. The number of pyridine rings is 1. The minimum Gasteiger partial charge on any atom is -0.467 e. The van der Waals surface area contributed by atoms with Crippen molar-refractivity contribution in [1.29, 1.82) is 0 Å². The molecule has 29 heavy (non-hydrogen) atoms. The van der Waals surface area contributed by atoms with Crippen molar-refractivity contribution in [2.75, 3.05) is 5.75 Å². The van der Waals surface area contributed by atoms with Crippen molar-refractivity contribution >= 4 is 17.7 Å². The van der Waals surface area contributed by atoms with Crippen molar-refractivity contribution in [3.8, 4) is 17.1 Å². The predicted molar refractivity (Wildman–Crippen MR) is 111 cm³/mol. The number of hydrogen-bond donors (Lipinski definition) is 1. The fraction of sp³-hybridized carbons (Fsp3) is 0.143. The molecule has 1 aromatic carbocycles. The molecule has 0 aliphatic carbocycles. The van der Waals surface area contributed by atoms with E-state index < -0.39 is 0 Å². The second kappa shape index (κ2) is 8.74. The number of carbonyl (C=O) groups excluding carboxylic acids is 1. The van der Waals surface area contributed by atoms with E-state index in [0.29, 0.717) is 23.3 Å². The third-order valence-electron chi connectivity index (χ3n) is 4.28. The summed E-state index contributed by atoms with van der Waals surface area (Å²) >= 11 is 1.34. The molecule has 1 N–H and O–H groups in total. The maximum atomic E-state index is 12.3. The molecule has 0 radical (unpaired) electrons. The number of rotatable bonds is 7. The van der Waals surface area contributed by atoms with E-state index in [-0.39, 0.29) is 11.7 Å². The molecule has 0 saturated carbocycles. The zero-order chi connectivity index (χ0) is 20.1.